The van der Waals surface area contributed by atoms with Crippen molar-refractivity contribution in [2.45, 2.75) is 53.5 Å². The van der Waals surface area contributed by atoms with E-state index in [1.54, 1.807) is 47.5 Å². The molecular weight excluding hydrogens is 526 g/mol. The summed E-state index contributed by atoms with van der Waals surface area (Å²) in [6.45, 7) is 17.1. The Labute approximate surface area is 237 Å². The minimum absolute atomic E-state index is 0.179. The molecule has 1 fully saturated rings. The number of nitrogens with one attached hydrogen (secondary N) is 1. The van der Waals surface area contributed by atoms with Crippen molar-refractivity contribution in [2.75, 3.05) is 16.4 Å². The summed E-state index contributed by atoms with van der Waals surface area (Å²) in [6, 6.07) is 10.1. The second kappa shape index (κ2) is 10.5. The monoisotopic (exact) mass is 555 g/mol. The highest BCUT2D eigenvalue weighted by molar-refractivity contribution is 7.81. The van der Waals surface area contributed by atoms with Crippen LogP contribution in [0.3, 0.4) is 0 Å². The molecule has 3 heterocycles. The van der Waals surface area contributed by atoms with E-state index in [9.17, 15) is 9.59 Å². The number of rotatable bonds is 7. The van der Waals surface area contributed by atoms with Crippen LogP contribution >= 0.6 is 12.2 Å². The number of anilines is 2. The van der Waals surface area contributed by atoms with Gasteiger partial charge in [-0.15, -0.1) is 5.10 Å². The van der Waals surface area contributed by atoms with E-state index >= 15 is 0 Å². The van der Waals surface area contributed by atoms with Crippen molar-refractivity contribution in [3.63, 3.8) is 0 Å². The second-order valence-electron chi connectivity index (χ2n) is 9.62. The number of hydrogen-bond donors (Lipinski definition) is 1. The molecule has 5 rings (SSSR count). The molecule has 2 aromatic carbocycles. The number of imidazole rings is 1. The Balaban J connectivity index is 1.61. The molecule has 10 nitrogen and oxygen atoms in total. The van der Waals surface area contributed by atoms with Crippen molar-refractivity contribution in [2.24, 2.45) is 0 Å². The molecule has 11 heteroatoms. The first-order valence-corrected chi connectivity index (χ1v) is 13.5. The van der Waals surface area contributed by atoms with E-state index in [-0.39, 0.29) is 11.5 Å². The van der Waals surface area contributed by atoms with Crippen LogP contribution in [0.1, 0.15) is 44.3 Å². The Bertz CT molecular complexity index is 1770. The Morgan fingerprint density at radius 2 is 1.88 bits per heavy atom. The van der Waals surface area contributed by atoms with Gasteiger partial charge in [-0.25, -0.2) is 14.3 Å². The molecule has 0 radical (unpaired) electrons. The van der Waals surface area contributed by atoms with E-state index in [0.29, 0.717) is 69.4 Å². The molecule has 0 saturated carbocycles. The first-order chi connectivity index (χ1) is 19.2. The van der Waals surface area contributed by atoms with E-state index < -0.39 is 6.04 Å². The predicted octanol–water partition coefficient (Wildman–Crippen LogP) is 5.13. The molecule has 204 valence electrons. The fourth-order valence-corrected chi connectivity index (χ4v) is 5.48. The average Bonchev–Trinajstić information content (AvgIpc) is 3.36. The number of ether oxygens (including phenoxy) is 1. The third-order valence-electron chi connectivity index (χ3n) is 6.93. The number of H-pyrrole nitrogens is 1. The van der Waals surface area contributed by atoms with Gasteiger partial charge in [0.05, 0.1) is 24.4 Å². The third-order valence-corrected chi connectivity index (χ3v) is 7.31. The summed E-state index contributed by atoms with van der Waals surface area (Å²) in [5, 5.41) is 5.08. The summed E-state index contributed by atoms with van der Waals surface area (Å²) < 4.78 is 7.51. The van der Waals surface area contributed by atoms with Gasteiger partial charge in [0.15, 0.2) is 22.1 Å². The zero-order chi connectivity index (χ0) is 28.7. The lowest BCUT2D eigenvalue weighted by molar-refractivity contribution is -0.117. The molecule has 1 atom stereocenters. The maximum Gasteiger partial charge on any atom is 0.277 e. The van der Waals surface area contributed by atoms with Gasteiger partial charge < -0.3 is 14.6 Å². The standard InChI is InChI=1S/C29H29N7O3S/c1-7-9-24-31-17(4)25-27(37)32-26(33-36(24)25)21-15-20(11-13-23(21)39-8-2)34-18(5)28(38)35(29(34)40)19-10-12-22(30-6)16(3)14-19/h10-15,18H,7-9H2,1-5H3,(H,32,33,37). The normalized spacial score (nSPS) is 15.2. The van der Waals surface area contributed by atoms with Crippen molar-refractivity contribution < 1.29 is 9.53 Å². The Morgan fingerprint density at radius 3 is 2.55 bits per heavy atom. The highest BCUT2D eigenvalue weighted by atomic mass is 32.1. The van der Waals surface area contributed by atoms with Crippen LogP contribution in [0.5, 0.6) is 5.75 Å². The number of aromatic nitrogens is 4. The van der Waals surface area contributed by atoms with E-state index in [1.807, 2.05) is 32.9 Å². The highest BCUT2D eigenvalue weighted by Gasteiger charge is 2.41. The molecule has 1 saturated heterocycles. The number of thiocarbonyl (C=S) groups is 1. The summed E-state index contributed by atoms with van der Waals surface area (Å²) >= 11 is 5.82. The van der Waals surface area contributed by atoms with Gasteiger partial charge in [-0.05, 0) is 82.2 Å². The molecule has 1 amide bonds. The van der Waals surface area contributed by atoms with Gasteiger partial charge in [0, 0.05) is 17.8 Å². The van der Waals surface area contributed by atoms with E-state index in [4.69, 9.17) is 28.6 Å². The zero-order valence-corrected chi connectivity index (χ0v) is 23.8. The minimum atomic E-state index is -0.582. The lowest BCUT2D eigenvalue weighted by Crippen LogP contribution is -2.33. The molecule has 0 bridgehead atoms. The van der Waals surface area contributed by atoms with Gasteiger partial charge in [0.25, 0.3) is 11.5 Å². The summed E-state index contributed by atoms with van der Waals surface area (Å²) in [5.41, 5.74) is 3.85. The van der Waals surface area contributed by atoms with Crippen LogP contribution in [-0.2, 0) is 11.2 Å². The zero-order valence-electron chi connectivity index (χ0n) is 23.0. The quantitative estimate of drug-likeness (QED) is 0.249. The SMILES string of the molecule is [C-]#[N+]c1ccc(N2C(=O)C(C)N(c3ccc(OCC)c(-c4nn5c(CCC)nc(C)c5c(=O)[nH]4)c3)C2=S)cc1C. The highest BCUT2D eigenvalue weighted by Crippen LogP contribution is 2.37. The molecule has 0 aliphatic carbocycles. The molecule has 4 aromatic rings. The maximum atomic E-state index is 13.4. The first kappa shape index (κ1) is 27.0. The van der Waals surface area contributed by atoms with E-state index in [0.717, 1.165) is 12.0 Å². The van der Waals surface area contributed by atoms with Gasteiger partial charge in [-0.1, -0.05) is 13.0 Å². The Kier molecular flexibility index (Phi) is 7.12. The molecular formula is C29H29N7O3S. The van der Waals surface area contributed by atoms with E-state index in [2.05, 4.69) is 14.8 Å². The van der Waals surface area contributed by atoms with Crippen molar-refractivity contribution in [3.8, 4) is 17.1 Å². The third kappa shape index (κ3) is 4.40. The number of nitrogens with zero attached hydrogens (tertiary/aromatic N) is 6. The average molecular weight is 556 g/mol. The molecule has 2 aromatic heterocycles. The number of carbonyl (C=O) groups excluding carboxylic acids is 1. The molecule has 1 unspecified atom stereocenters. The summed E-state index contributed by atoms with van der Waals surface area (Å²) in [5.74, 6) is 1.39. The molecule has 0 spiro atoms. The van der Waals surface area contributed by atoms with Crippen LogP contribution in [0.15, 0.2) is 41.2 Å². The lowest BCUT2D eigenvalue weighted by Gasteiger charge is -2.24. The maximum absolute atomic E-state index is 13.4. The van der Waals surface area contributed by atoms with Crippen molar-refractivity contribution in [1.29, 1.82) is 0 Å². The fourth-order valence-electron chi connectivity index (χ4n) is 5.02. The van der Waals surface area contributed by atoms with Crippen molar-refractivity contribution >= 4 is 45.8 Å². The van der Waals surface area contributed by atoms with Gasteiger partial charge in [0.2, 0.25) is 0 Å². The second-order valence-corrected chi connectivity index (χ2v) is 9.99. The predicted molar refractivity (Wildman–Crippen MR) is 158 cm³/mol. The fraction of sp³-hybridized carbons (Fsp3) is 0.310. The number of aryl methyl sites for hydroxylation is 3. The Hall–Kier alpha value is -4.56. The number of benzene rings is 2. The van der Waals surface area contributed by atoms with Gasteiger partial charge in [-0.2, -0.15) is 0 Å². The van der Waals surface area contributed by atoms with Crippen LogP contribution in [0, 0.1) is 20.4 Å². The van der Waals surface area contributed by atoms with Crippen LogP contribution in [0.4, 0.5) is 17.1 Å². The molecule has 1 N–H and O–H groups in total. The first-order valence-electron chi connectivity index (χ1n) is 13.1. The van der Waals surface area contributed by atoms with Gasteiger partial charge in [-0.3, -0.25) is 14.5 Å². The lowest BCUT2D eigenvalue weighted by atomic mass is 10.1. The number of hydrogen-bond acceptors (Lipinski definition) is 6. The van der Waals surface area contributed by atoms with Crippen LogP contribution in [-0.4, -0.2) is 43.3 Å². The van der Waals surface area contributed by atoms with Crippen LogP contribution < -0.4 is 20.1 Å². The largest absolute Gasteiger partial charge is 0.493 e. The number of amides is 1. The smallest absolute Gasteiger partial charge is 0.277 e. The summed E-state index contributed by atoms with van der Waals surface area (Å²) in [4.78, 5) is 40.8. The topological polar surface area (TPSA) is 100 Å². The number of carbonyl (C=O) groups is 1. The van der Waals surface area contributed by atoms with Gasteiger partial charge in [0.1, 0.15) is 17.6 Å². The number of aromatic amines is 1. The molecule has 1 aliphatic heterocycles. The molecule has 1 aliphatic rings. The Morgan fingerprint density at radius 1 is 1.12 bits per heavy atom. The van der Waals surface area contributed by atoms with Crippen molar-refractivity contribution in [1.82, 2.24) is 19.6 Å². The van der Waals surface area contributed by atoms with Crippen LogP contribution in [0.2, 0.25) is 0 Å². The van der Waals surface area contributed by atoms with Crippen molar-refractivity contribution in [3.05, 3.63) is 75.3 Å². The van der Waals surface area contributed by atoms with Gasteiger partial charge >= 0.3 is 0 Å². The van der Waals surface area contributed by atoms with Crippen LogP contribution in [0.25, 0.3) is 21.7 Å². The minimum Gasteiger partial charge on any atom is -0.493 e. The number of fused-ring (bicyclic) bond motifs is 1. The molecule has 40 heavy (non-hydrogen) atoms. The summed E-state index contributed by atoms with van der Waals surface area (Å²) in [6.07, 6.45) is 1.54. The summed E-state index contributed by atoms with van der Waals surface area (Å²) in [7, 11) is 0. The van der Waals surface area contributed by atoms with E-state index in [1.165, 1.54) is 4.90 Å².